The van der Waals surface area contributed by atoms with Crippen LogP contribution in [-0.4, -0.2) is 35.9 Å². The fourth-order valence-corrected chi connectivity index (χ4v) is 2.50. The molecule has 4 nitrogen and oxygen atoms in total. The van der Waals surface area contributed by atoms with Crippen molar-refractivity contribution in [1.82, 2.24) is 5.32 Å². The van der Waals surface area contributed by atoms with Gasteiger partial charge in [-0.3, -0.25) is 10.1 Å². The van der Waals surface area contributed by atoms with E-state index in [0.717, 1.165) is 12.8 Å². The molecule has 3 unspecified atom stereocenters. The number of hydrogen-bond acceptors (Lipinski definition) is 4. The minimum Gasteiger partial charge on any atom is -0.465 e. The van der Waals surface area contributed by atoms with E-state index in [-0.39, 0.29) is 12.0 Å². The number of benzene rings is 1. The lowest BCUT2D eigenvalue weighted by molar-refractivity contribution is -0.147. The highest BCUT2D eigenvalue weighted by Crippen LogP contribution is 2.19. The molecular formula is C15H21NO3. The summed E-state index contributed by atoms with van der Waals surface area (Å²) in [6.07, 6.45) is 1.83. The predicted molar refractivity (Wildman–Crippen MR) is 72.7 cm³/mol. The molecule has 1 saturated heterocycles. The van der Waals surface area contributed by atoms with Crippen molar-refractivity contribution >= 4 is 5.97 Å². The first kappa shape index (κ1) is 14.0. The summed E-state index contributed by atoms with van der Waals surface area (Å²) in [6, 6.07) is 9.83. The van der Waals surface area contributed by atoms with E-state index in [1.165, 1.54) is 5.56 Å². The topological polar surface area (TPSA) is 58.6 Å². The van der Waals surface area contributed by atoms with Gasteiger partial charge in [-0.15, -0.1) is 0 Å². The second-order valence-electron chi connectivity index (χ2n) is 4.92. The molecule has 2 N–H and O–H groups in total. The maximum absolute atomic E-state index is 11.6. The number of aliphatic hydroxyl groups excluding tert-OH is 1. The molecule has 0 bridgehead atoms. The molecule has 0 aromatic heterocycles. The maximum Gasteiger partial charge on any atom is 0.325 e. The summed E-state index contributed by atoms with van der Waals surface area (Å²) in [4.78, 5) is 11.6. The van der Waals surface area contributed by atoms with Gasteiger partial charge in [0.15, 0.2) is 0 Å². The van der Waals surface area contributed by atoms with Crippen LogP contribution in [0.5, 0.6) is 0 Å². The van der Waals surface area contributed by atoms with Crippen LogP contribution < -0.4 is 5.32 Å². The van der Waals surface area contributed by atoms with Crippen molar-refractivity contribution in [2.45, 2.75) is 44.4 Å². The summed E-state index contributed by atoms with van der Waals surface area (Å²) in [7, 11) is 0. The van der Waals surface area contributed by atoms with Gasteiger partial charge >= 0.3 is 5.97 Å². The summed E-state index contributed by atoms with van der Waals surface area (Å²) >= 11 is 0. The molecule has 1 fully saturated rings. The van der Waals surface area contributed by atoms with E-state index in [1.807, 2.05) is 18.2 Å². The second kappa shape index (κ2) is 6.68. The van der Waals surface area contributed by atoms with Crippen LogP contribution in [0.4, 0.5) is 0 Å². The second-order valence-corrected chi connectivity index (χ2v) is 4.92. The van der Waals surface area contributed by atoms with E-state index in [9.17, 15) is 9.90 Å². The molecule has 2 rings (SSSR count). The first-order chi connectivity index (χ1) is 9.20. The van der Waals surface area contributed by atoms with Crippen molar-refractivity contribution in [3.8, 4) is 0 Å². The van der Waals surface area contributed by atoms with E-state index >= 15 is 0 Å². The van der Waals surface area contributed by atoms with Crippen LogP contribution in [0.25, 0.3) is 0 Å². The van der Waals surface area contributed by atoms with E-state index in [4.69, 9.17) is 4.74 Å². The standard InChI is InChI=1S/C15H21NO3/c1-2-19-15(18)14-13(17)10-12(16-14)9-8-11-6-4-3-5-7-11/h3-7,12-14,16-17H,2,8-10H2,1H3. The van der Waals surface area contributed by atoms with Crippen LogP contribution in [0.15, 0.2) is 30.3 Å². The zero-order valence-corrected chi connectivity index (χ0v) is 11.2. The average Bonchev–Trinajstić information content (AvgIpc) is 2.79. The third-order valence-electron chi connectivity index (χ3n) is 3.49. The van der Waals surface area contributed by atoms with Crippen molar-refractivity contribution in [2.24, 2.45) is 0 Å². The number of carbonyl (C=O) groups excluding carboxylic acids is 1. The molecule has 0 amide bonds. The summed E-state index contributed by atoms with van der Waals surface area (Å²) in [6.45, 7) is 2.12. The van der Waals surface area contributed by atoms with Gasteiger partial charge in [0.25, 0.3) is 0 Å². The van der Waals surface area contributed by atoms with Crippen LogP contribution >= 0.6 is 0 Å². The van der Waals surface area contributed by atoms with E-state index in [2.05, 4.69) is 17.4 Å². The molecule has 1 aromatic rings. The fraction of sp³-hybridized carbons (Fsp3) is 0.533. The van der Waals surface area contributed by atoms with Gasteiger partial charge in [-0.25, -0.2) is 0 Å². The zero-order chi connectivity index (χ0) is 13.7. The Hall–Kier alpha value is -1.39. The van der Waals surface area contributed by atoms with Gasteiger partial charge in [-0.05, 0) is 31.7 Å². The van der Waals surface area contributed by atoms with Gasteiger partial charge in [0, 0.05) is 6.04 Å². The number of carbonyl (C=O) groups is 1. The molecule has 1 aliphatic heterocycles. The smallest absolute Gasteiger partial charge is 0.325 e. The quantitative estimate of drug-likeness (QED) is 0.786. The lowest BCUT2D eigenvalue weighted by Crippen LogP contribution is -2.41. The molecular weight excluding hydrogens is 242 g/mol. The van der Waals surface area contributed by atoms with Gasteiger partial charge in [-0.2, -0.15) is 0 Å². The van der Waals surface area contributed by atoms with Crippen LogP contribution in [0, 0.1) is 0 Å². The van der Waals surface area contributed by atoms with E-state index in [1.54, 1.807) is 6.92 Å². The molecule has 19 heavy (non-hydrogen) atoms. The van der Waals surface area contributed by atoms with Crippen molar-refractivity contribution in [2.75, 3.05) is 6.61 Å². The van der Waals surface area contributed by atoms with Gasteiger partial charge < -0.3 is 9.84 Å². The lowest BCUT2D eigenvalue weighted by atomic mass is 10.0. The zero-order valence-electron chi connectivity index (χ0n) is 11.2. The van der Waals surface area contributed by atoms with Gasteiger partial charge in [0.1, 0.15) is 6.04 Å². The molecule has 1 heterocycles. The van der Waals surface area contributed by atoms with Crippen molar-refractivity contribution < 1.29 is 14.6 Å². The van der Waals surface area contributed by atoms with Crippen LogP contribution in [-0.2, 0) is 16.0 Å². The Bertz CT molecular complexity index is 407. The Morgan fingerprint density at radius 3 is 2.84 bits per heavy atom. The minimum absolute atomic E-state index is 0.171. The fourth-order valence-electron chi connectivity index (χ4n) is 2.50. The third-order valence-corrected chi connectivity index (χ3v) is 3.49. The highest BCUT2D eigenvalue weighted by atomic mass is 16.5. The van der Waals surface area contributed by atoms with Crippen LogP contribution in [0.2, 0.25) is 0 Å². The molecule has 0 saturated carbocycles. The number of aryl methyl sites for hydroxylation is 1. The largest absolute Gasteiger partial charge is 0.465 e. The number of aliphatic hydroxyl groups is 1. The Morgan fingerprint density at radius 1 is 1.42 bits per heavy atom. The summed E-state index contributed by atoms with van der Waals surface area (Å²) < 4.78 is 4.95. The molecule has 3 atom stereocenters. The molecule has 4 heteroatoms. The van der Waals surface area contributed by atoms with Gasteiger partial charge in [0.2, 0.25) is 0 Å². The lowest BCUT2D eigenvalue weighted by Gasteiger charge is -2.14. The molecule has 0 radical (unpaired) electrons. The highest BCUT2D eigenvalue weighted by molar-refractivity contribution is 5.77. The van der Waals surface area contributed by atoms with Crippen molar-refractivity contribution in [3.05, 3.63) is 35.9 Å². The summed E-state index contributed by atoms with van der Waals surface area (Å²) in [5, 5.41) is 13.1. The Labute approximate surface area is 113 Å². The molecule has 1 aromatic carbocycles. The number of nitrogens with one attached hydrogen (secondary N) is 1. The molecule has 1 aliphatic rings. The Morgan fingerprint density at radius 2 is 2.16 bits per heavy atom. The first-order valence-electron chi connectivity index (χ1n) is 6.85. The molecule has 104 valence electrons. The monoisotopic (exact) mass is 263 g/mol. The van der Waals surface area contributed by atoms with E-state index in [0.29, 0.717) is 13.0 Å². The number of hydrogen-bond donors (Lipinski definition) is 2. The minimum atomic E-state index is -0.639. The van der Waals surface area contributed by atoms with Crippen LogP contribution in [0.3, 0.4) is 0 Å². The SMILES string of the molecule is CCOC(=O)C1NC(CCc2ccccc2)CC1O. The molecule has 0 spiro atoms. The molecule has 0 aliphatic carbocycles. The number of rotatable bonds is 5. The average molecular weight is 263 g/mol. The highest BCUT2D eigenvalue weighted by Gasteiger charge is 2.37. The summed E-state index contributed by atoms with van der Waals surface area (Å²) in [5.74, 6) is -0.350. The normalized spacial score (nSPS) is 26.3. The Balaban J connectivity index is 1.82. The van der Waals surface area contributed by atoms with Crippen LogP contribution in [0.1, 0.15) is 25.3 Å². The summed E-state index contributed by atoms with van der Waals surface area (Å²) in [5.41, 5.74) is 1.28. The van der Waals surface area contributed by atoms with Crippen molar-refractivity contribution in [3.63, 3.8) is 0 Å². The maximum atomic E-state index is 11.6. The number of ether oxygens (including phenoxy) is 1. The Kier molecular flexibility index (Phi) is 4.93. The van der Waals surface area contributed by atoms with Crippen molar-refractivity contribution in [1.29, 1.82) is 0 Å². The first-order valence-corrected chi connectivity index (χ1v) is 6.85. The number of esters is 1. The third kappa shape index (κ3) is 3.78. The van der Waals surface area contributed by atoms with E-state index < -0.39 is 12.1 Å². The van der Waals surface area contributed by atoms with Gasteiger partial charge in [-0.1, -0.05) is 30.3 Å². The predicted octanol–water partition coefficient (Wildman–Crippen LogP) is 1.27. The van der Waals surface area contributed by atoms with Gasteiger partial charge in [0.05, 0.1) is 12.7 Å².